The van der Waals surface area contributed by atoms with Gasteiger partial charge in [0.05, 0.1) is 0 Å². The molecular weight excluding hydrogens is 208 g/mol. The Hall–Kier alpha value is -2.15. The molecule has 0 amide bonds. The Balaban J connectivity index is 2.47. The van der Waals surface area contributed by atoms with Crippen molar-refractivity contribution in [1.82, 2.24) is 0 Å². The maximum Gasteiger partial charge on any atom is 0.150 e. The van der Waals surface area contributed by atoms with Gasteiger partial charge < -0.3 is 0 Å². The van der Waals surface area contributed by atoms with Crippen LogP contribution >= 0.6 is 0 Å². The largest absolute Gasteiger partial charge is 0.298 e. The first kappa shape index (κ1) is 11.3. The van der Waals surface area contributed by atoms with Crippen LogP contribution in [-0.4, -0.2) is 6.29 Å². The molecule has 0 bridgehead atoms. The molecule has 0 radical (unpaired) electrons. The number of aldehydes is 1. The van der Waals surface area contributed by atoms with Crippen molar-refractivity contribution in [1.29, 1.82) is 0 Å². The molecule has 84 valence electrons. The standard InChI is InChI=1S/C16H14O/c1-2-16(14-8-4-3-5-9-14)15-10-6-7-13(11-15)12-17/h2-12H,1H3/b16-2-. The van der Waals surface area contributed by atoms with E-state index in [1.807, 2.05) is 49.4 Å². The third-order valence-electron chi connectivity index (χ3n) is 2.71. The summed E-state index contributed by atoms with van der Waals surface area (Å²) in [6.45, 7) is 2.01. The highest BCUT2D eigenvalue weighted by atomic mass is 16.1. The first-order chi connectivity index (χ1) is 8.35. The number of benzene rings is 2. The lowest BCUT2D eigenvalue weighted by atomic mass is 9.97. The van der Waals surface area contributed by atoms with Crippen LogP contribution < -0.4 is 0 Å². The van der Waals surface area contributed by atoms with E-state index in [1.165, 1.54) is 0 Å². The van der Waals surface area contributed by atoms with E-state index in [4.69, 9.17) is 0 Å². The summed E-state index contributed by atoms with van der Waals surface area (Å²) in [6, 6.07) is 17.8. The van der Waals surface area contributed by atoms with Crippen LogP contribution in [0.3, 0.4) is 0 Å². The van der Waals surface area contributed by atoms with E-state index in [1.54, 1.807) is 0 Å². The molecule has 0 atom stereocenters. The van der Waals surface area contributed by atoms with Crippen molar-refractivity contribution in [2.24, 2.45) is 0 Å². The Morgan fingerprint density at radius 3 is 2.29 bits per heavy atom. The Bertz CT molecular complexity index is 538. The highest BCUT2D eigenvalue weighted by Gasteiger charge is 2.03. The lowest BCUT2D eigenvalue weighted by Gasteiger charge is -2.08. The summed E-state index contributed by atoms with van der Waals surface area (Å²) in [7, 11) is 0. The molecule has 0 heterocycles. The third kappa shape index (κ3) is 2.51. The topological polar surface area (TPSA) is 17.1 Å². The summed E-state index contributed by atoms with van der Waals surface area (Å²) in [6.07, 6.45) is 2.95. The molecule has 0 aliphatic heterocycles. The second-order valence-corrected chi connectivity index (χ2v) is 3.81. The Morgan fingerprint density at radius 2 is 1.65 bits per heavy atom. The van der Waals surface area contributed by atoms with E-state index in [0.717, 1.165) is 23.0 Å². The second kappa shape index (κ2) is 5.26. The van der Waals surface area contributed by atoms with Gasteiger partial charge in [-0.25, -0.2) is 0 Å². The summed E-state index contributed by atoms with van der Waals surface area (Å²) in [5.74, 6) is 0. The third-order valence-corrected chi connectivity index (χ3v) is 2.71. The fourth-order valence-corrected chi connectivity index (χ4v) is 1.90. The fraction of sp³-hybridized carbons (Fsp3) is 0.0625. The number of rotatable bonds is 3. The molecule has 1 heteroatoms. The van der Waals surface area contributed by atoms with Gasteiger partial charge in [0.1, 0.15) is 6.29 Å². The summed E-state index contributed by atoms with van der Waals surface area (Å²) < 4.78 is 0. The van der Waals surface area contributed by atoms with Crippen molar-refractivity contribution in [2.45, 2.75) is 6.92 Å². The van der Waals surface area contributed by atoms with Crippen LogP contribution in [0.15, 0.2) is 60.7 Å². The number of hydrogen-bond donors (Lipinski definition) is 0. The maximum atomic E-state index is 10.8. The van der Waals surface area contributed by atoms with Crippen molar-refractivity contribution in [2.75, 3.05) is 0 Å². The summed E-state index contributed by atoms with van der Waals surface area (Å²) in [5, 5.41) is 0. The average Bonchev–Trinajstić information content (AvgIpc) is 2.41. The summed E-state index contributed by atoms with van der Waals surface area (Å²) in [5.41, 5.74) is 4.09. The number of carbonyl (C=O) groups is 1. The first-order valence-corrected chi connectivity index (χ1v) is 5.62. The van der Waals surface area contributed by atoms with Crippen molar-refractivity contribution in [3.05, 3.63) is 77.4 Å². The molecule has 1 nitrogen and oxygen atoms in total. The van der Waals surface area contributed by atoms with Crippen molar-refractivity contribution < 1.29 is 4.79 Å². The van der Waals surface area contributed by atoms with Gasteiger partial charge in [-0.15, -0.1) is 0 Å². The molecule has 0 unspecified atom stereocenters. The molecule has 0 aliphatic carbocycles. The van der Waals surface area contributed by atoms with E-state index < -0.39 is 0 Å². The lowest BCUT2D eigenvalue weighted by molar-refractivity contribution is 0.112. The van der Waals surface area contributed by atoms with Gasteiger partial charge in [-0.1, -0.05) is 54.6 Å². The van der Waals surface area contributed by atoms with Gasteiger partial charge in [0.15, 0.2) is 0 Å². The van der Waals surface area contributed by atoms with Crippen molar-refractivity contribution in [3.8, 4) is 0 Å². The van der Waals surface area contributed by atoms with Gasteiger partial charge >= 0.3 is 0 Å². The zero-order valence-corrected chi connectivity index (χ0v) is 9.76. The van der Waals surface area contributed by atoms with Gasteiger partial charge in [-0.2, -0.15) is 0 Å². The first-order valence-electron chi connectivity index (χ1n) is 5.62. The molecule has 0 spiro atoms. The minimum Gasteiger partial charge on any atom is -0.298 e. The number of carbonyl (C=O) groups excluding carboxylic acids is 1. The lowest BCUT2D eigenvalue weighted by Crippen LogP contribution is -1.89. The van der Waals surface area contributed by atoms with Gasteiger partial charge in [0.25, 0.3) is 0 Å². The maximum absolute atomic E-state index is 10.8. The van der Waals surface area contributed by atoms with Crippen LogP contribution in [0.1, 0.15) is 28.4 Å². The van der Waals surface area contributed by atoms with Crippen molar-refractivity contribution >= 4 is 11.9 Å². The van der Waals surface area contributed by atoms with Crippen LogP contribution in [0.25, 0.3) is 5.57 Å². The molecule has 0 N–H and O–H groups in total. The van der Waals surface area contributed by atoms with Crippen LogP contribution in [0.5, 0.6) is 0 Å². The van der Waals surface area contributed by atoms with Crippen molar-refractivity contribution in [3.63, 3.8) is 0 Å². The van der Waals surface area contributed by atoms with Gasteiger partial charge in [0, 0.05) is 5.56 Å². The SMILES string of the molecule is C/C=C(/c1ccccc1)c1cccc(C=O)c1. The van der Waals surface area contributed by atoms with E-state index in [9.17, 15) is 4.79 Å². The van der Waals surface area contributed by atoms with Crippen LogP contribution in [-0.2, 0) is 0 Å². The highest BCUT2D eigenvalue weighted by molar-refractivity contribution is 5.83. The normalized spacial score (nSPS) is 11.2. The van der Waals surface area contributed by atoms with Gasteiger partial charge in [-0.05, 0) is 29.7 Å². The highest BCUT2D eigenvalue weighted by Crippen LogP contribution is 2.23. The number of hydrogen-bond acceptors (Lipinski definition) is 1. The van der Waals surface area contributed by atoms with Crippen LogP contribution in [0.4, 0.5) is 0 Å². The Kier molecular flexibility index (Phi) is 3.51. The summed E-state index contributed by atoms with van der Waals surface area (Å²) >= 11 is 0. The minimum atomic E-state index is 0.706. The monoisotopic (exact) mass is 222 g/mol. The molecule has 0 saturated carbocycles. The average molecular weight is 222 g/mol. The molecule has 2 aromatic carbocycles. The van der Waals surface area contributed by atoms with E-state index in [0.29, 0.717) is 5.56 Å². The molecule has 17 heavy (non-hydrogen) atoms. The number of allylic oxidation sites excluding steroid dienone is 1. The molecule has 2 rings (SSSR count). The molecule has 0 aromatic heterocycles. The fourth-order valence-electron chi connectivity index (χ4n) is 1.90. The zero-order valence-electron chi connectivity index (χ0n) is 9.76. The van der Waals surface area contributed by atoms with Gasteiger partial charge in [0.2, 0.25) is 0 Å². The van der Waals surface area contributed by atoms with E-state index in [-0.39, 0.29) is 0 Å². The Morgan fingerprint density at radius 1 is 0.941 bits per heavy atom. The Labute approximate surface area is 101 Å². The molecule has 0 saturated heterocycles. The molecule has 2 aromatic rings. The predicted molar refractivity (Wildman–Crippen MR) is 71.0 cm³/mol. The quantitative estimate of drug-likeness (QED) is 0.718. The zero-order chi connectivity index (χ0) is 12.1. The second-order valence-electron chi connectivity index (χ2n) is 3.81. The van der Waals surface area contributed by atoms with Crippen LogP contribution in [0, 0.1) is 0 Å². The molecular formula is C16H14O. The van der Waals surface area contributed by atoms with Crippen LogP contribution in [0.2, 0.25) is 0 Å². The van der Waals surface area contributed by atoms with E-state index >= 15 is 0 Å². The molecule has 0 fully saturated rings. The predicted octanol–water partition coefficient (Wildman–Crippen LogP) is 3.95. The smallest absolute Gasteiger partial charge is 0.150 e. The molecule has 0 aliphatic rings. The van der Waals surface area contributed by atoms with Gasteiger partial charge in [-0.3, -0.25) is 4.79 Å². The summed E-state index contributed by atoms with van der Waals surface area (Å²) in [4.78, 5) is 10.8. The minimum absolute atomic E-state index is 0.706. The van der Waals surface area contributed by atoms with E-state index in [2.05, 4.69) is 18.2 Å².